The number of nitrogens with zero attached hydrogens (tertiary/aromatic N) is 2. The molecule has 0 aromatic heterocycles. The summed E-state index contributed by atoms with van der Waals surface area (Å²) in [6.45, 7) is 0. The molecule has 0 bridgehead atoms. The van der Waals surface area contributed by atoms with Crippen molar-refractivity contribution in [1.82, 2.24) is 0 Å². The summed E-state index contributed by atoms with van der Waals surface area (Å²) in [5, 5.41) is 10.5. The highest BCUT2D eigenvalue weighted by Gasteiger charge is 2.34. The zero-order valence-electron chi connectivity index (χ0n) is 16.6. The van der Waals surface area contributed by atoms with Crippen LogP contribution < -0.4 is 10.3 Å². The van der Waals surface area contributed by atoms with Crippen molar-refractivity contribution in [3.8, 4) is 0 Å². The molecule has 4 aromatic rings. The summed E-state index contributed by atoms with van der Waals surface area (Å²) >= 11 is 1.77. The van der Waals surface area contributed by atoms with E-state index in [2.05, 4.69) is 59.9 Å². The monoisotopic (exact) mass is 421 g/mol. The number of nitrogens with one attached hydrogen (secondary N) is 1. The van der Waals surface area contributed by atoms with Crippen molar-refractivity contribution in [3.63, 3.8) is 0 Å². The van der Waals surface area contributed by atoms with E-state index in [0.717, 1.165) is 28.2 Å². The molecule has 2 aliphatic rings. The average molecular weight is 422 g/mol. The Bertz CT molecular complexity index is 1270. The SMILES string of the molecule is c1ccc(C2=NN(c3cccc4c3Nc3ccccc3S4)C(c3ccccc3)O2)cc1. The van der Waals surface area contributed by atoms with Gasteiger partial charge in [0.15, 0.2) is 0 Å². The largest absolute Gasteiger partial charge is 0.446 e. The molecule has 0 fully saturated rings. The van der Waals surface area contributed by atoms with Crippen LogP contribution in [0.25, 0.3) is 0 Å². The van der Waals surface area contributed by atoms with Crippen LogP contribution in [0.5, 0.6) is 0 Å². The molecule has 0 saturated carbocycles. The van der Waals surface area contributed by atoms with E-state index >= 15 is 0 Å². The van der Waals surface area contributed by atoms with Crippen LogP contribution in [0.3, 0.4) is 0 Å². The summed E-state index contributed by atoms with van der Waals surface area (Å²) < 4.78 is 6.40. The predicted octanol–water partition coefficient (Wildman–Crippen LogP) is 6.79. The Morgan fingerprint density at radius 2 is 1.45 bits per heavy atom. The third-order valence-electron chi connectivity index (χ3n) is 5.37. The molecule has 4 nitrogen and oxygen atoms in total. The lowest BCUT2D eigenvalue weighted by Crippen LogP contribution is -2.21. The van der Waals surface area contributed by atoms with Gasteiger partial charge in [0.2, 0.25) is 12.1 Å². The predicted molar refractivity (Wildman–Crippen MR) is 126 cm³/mol. The fourth-order valence-electron chi connectivity index (χ4n) is 3.88. The van der Waals surface area contributed by atoms with E-state index in [1.54, 1.807) is 11.8 Å². The van der Waals surface area contributed by atoms with E-state index in [1.165, 1.54) is 9.79 Å². The molecule has 2 heterocycles. The molecular weight excluding hydrogens is 402 g/mol. The molecule has 1 atom stereocenters. The standard InChI is InChI=1S/C26H19N3OS/c1-3-10-18(11-4-1)25-28-29(26(30-25)19-12-5-2-6-13-19)21-15-9-17-23-24(21)27-20-14-7-8-16-22(20)31-23/h1-17,26-27H. The molecular formula is C26H19N3OS. The van der Waals surface area contributed by atoms with Gasteiger partial charge in [-0.2, -0.15) is 0 Å². The molecule has 0 radical (unpaired) electrons. The molecule has 1 N–H and O–H groups in total. The van der Waals surface area contributed by atoms with Crippen molar-refractivity contribution in [3.05, 3.63) is 114 Å². The van der Waals surface area contributed by atoms with Crippen molar-refractivity contribution in [2.75, 3.05) is 10.3 Å². The van der Waals surface area contributed by atoms with Gasteiger partial charge in [0.05, 0.1) is 17.1 Å². The summed E-state index contributed by atoms with van der Waals surface area (Å²) in [7, 11) is 0. The number of fused-ring (bicyclic) bond motifs is 2. The van der Waals surface area contributed by atoms with E-state index in [-0.39, 0.29) is 6.23 Å². The first kappa shape index (κ1) is 18.1. The number of benzene rings is 4. The minimum Gasteiger partial charge on any atom is -0.446 e. The van der Waals surface area contributed by atoms with Gasteiger partial charge in [-0.1, -0.05) is 78.5 Å². The van der Waals surface area contributed by atoms with Gasteiger partial charge in [0.1, 0.15) is 0 Å². The molecule has 6 rings (SSSR count). The Balaban J connectivity index is 1.46. The number of rotatable bonds is 3. The summed E-state index contributed by atoms with van der Waals surface area (Å²) in [5.74, 6) is 0.621. The third-order valence-corrected chi connectivity index (χ3v) is 6.50. The fourth-order valence-corrected chi connectivity index (χ4v) is 4.89. The molecule has 0 saturated heterocycles. The third kappa shape index (κ3) is 3.23. The summed E-state index contributed by atoms with van der Waals surface area (Å²) in [5.41, 5.74) is 5.16. The number of hydrogen-bond acceptors (Lipinski definition) is 5. The Hall–Kier alpha value is -3.70. The minimum absolute atomic E-state index is 0.341. The Labute approximate surface area is 185 Å². The molecule has 0 aliphatic carbocycles. The van der Waals surface area contributed by atoms with Gasteiger partial charge >= 0.3 is 0 Å². The van der Waals surface area contributed by atoms with Gasteiger partial charge in [0, 0.05) is 20.9 Å². The number of ether oxygens (including phenoxy) is 1. The van der Waals surface area contributed by atoms with Crippen LogP contribution in [-0.4, -0.2) is 5.90 Å². The van der Waals surface area contributed by atoms with Crippen LogP contribution in [0.15, 0.2) is 118 Å². The molecule has 0 spiro atoms. The Morgan fingerprint density at radius 3 is 2.29 bits per heavy atom. The zero-order chi connectivity index (χ0) is 20.6. The lowest BCUT2D eigenvalue weighted by atomic mass is 10.1. The highest BCUT2D eigenvalue weighted by atomic mass is 32.2. The highest BCUT2D eigenvalue weighted by molar-refractivity contribution is 7.99. The minimum atomic E-state index is -0.341. The van der Waals surface area contributed by atoms with Crippen molar-refractivity contribution < 1.29 is 4.74 Å². The zero-order valence-corrected chi connectivity index (χ0v) is 17.4. The molecule has 5 heteroatoms. The second kappa shape index (κ2) is 7.52. The quantitative estimate of drug-likeness (QED) is 0.348. The smallest absolute Gasteiger partial charge is 0.241 e. The van der Waals surface area contributed by atoms with Crippen LogP contribution in [0.2, 0.25) is 0 Å². The number of anilines is 3. The van der Waals surface area contributed by atoms with Crippen molar-refractivity contribution >= 4 is 34.7 Å². The lowest BCUT2D eigenvalue weighted by molar-refractivity contribution is 0.218. The molecule has 1 unspecified atom stereocenters. The second-order valence-electron chi connectivity index (χ2n) is 7.37. The summed E-state index contributed by atoms with van der Waals surface area (Å²) in [6.07, 6.45) is -0.341. The number of para-hydroxylation sites is 2. The second-order valence-corrected chi connectivity index (χ2v) is 8.45. The average Bonchev–Trinajstić information content (AvgIpc) is 3.29. The molecule has 0 amide bonds. The van der Waals surface area contributed by atoms with E-state index in [4.69, 9.17) is 9.84 Å². The molecule has 31 heavy (non-hydrogen) atoms. The first-order valence-corrected chi connectivity index (χ1v) is 11.0. The fraction of sp³-hybridized carbons (Fsp3) is 0.0385. The van der Waals surface area contributed by atoms with E-state index < -0.39 is 0 Å². The lowest BCUT2D eigenvalue weighted by Gasteiger charge is -2.28. The van der Waals surface area contributed by atoms with Crippen molar-refractivity contribution in [2.45, 2.75) is 16.0 Å². The van der Waals surface area contributed by atoms with Gasteiger partial charge in [-0.15, -0.1) is 5.10 Å². The van der Waals surface area contributed by atoms with Gasteiger partial charge in [-0.3, -0.25) is 0 Å². The number of hydrazone groups is 1. The maximum atomic E-state index is 6.40. The van der Waals surface area contributed by atoms with Gasteiger partial charge in [0.25, 0.3) is 0 Å². The van der Waals surface area contributed by atoms with E-state index in [9.17, 15) is 0 Å². The van der Waals surface area contributed by atoms with E-state index in [0.29, 0.717) is 5.90 Å². The molecule has 150 valence electrons. The van der Waals surface area contributed by atoms with Crippen LogP contribution >= 0.6 is 11.8 Å². The van der Waals surface area contributed by atoms with E-state index in [1.807, 2.05) is 53.5 Å². The first-order chi connectivity index (χ1) is 15.4. The van der Waals surface area contributed by atoms with Crippen molar-refractivity contribution in [2.24, 2.45) is 5.10 Å². The maximum Gasteiger partial charge on any atom is 0.241 e. The van der Waals surface area contributed by atoms with Crippen LogP contribution in [0, 0.1) is 0 Å². The summed E-state index contributed by atoms with van der Waals surface area (Å²) in [4.78, 5) is 2.39. The van der Waals surface area contributed by atoms with Crippen molar-refractivity contribution in [1.29, 1.82) is 0 Å². The van der Waals surface area contributed by atoms with Gasteiger partial charge < -0.3 is 10.1 Å². The molecule has 2 aliphatic heterocycles. The molecule has 4 aromatic carbocycles. The maximum absolute atomic E-state index is 6.40. The normalized spacial score (nSPS) is 16.6. The van der Waals surface area contributed by atoms with Gasteiger partial charge in [-0.05, 0) is 36.4 Å². The highest BCUT2D eigenvalue weighted by Crippen LogP contribution is 2.49. The van der Waals surface area contributed by atoms with Gasteiger partial charge in [-0.25, -0.2) is 5.01 Å². The van der Waals surface area contributed by atoms with Crippen LogP contribution in [0.1, 0.15) is 17.4 Å². The van der Waals surface area contributed by atoms with Crippen LogP contribution in [-0.2, 0) is 4.74 Å². The Kier molecular flexibility index (Phi) is 4.39. The van der Waals surface area contributed by atoms with Crippen LogP contribution in [0.4, 0.5) is 17.1 Å². The topological polar surface area (TPSA) is 36.9 Å². The summed E-state index contributed by atoms with van der Waals surface area (Å²) in [6, 6.07) is 35.0. The Morgan fingerprint density at radius 1 is 0.742 bits per heavy atom. The number of hydrogen-bond donors (Lipinski definition) is 1. The first-order valence-electron chi connectivity index (χ1n) is 10.2.